The molecule has 0 atom stereocenters. The maximum absolute atomic E-state index is 10.8. The second kappa shape index (κ2) is 3.64. The third-order valence-electron chi connectivity index (χ3n) is 2.25. The van der Waals surface area contributed by atoms with Crippen molar-refractivity contribution in [3.63, 3.8) is 0 Å². The third kappa shape index (κ3) is 1.47. The summed E-state index contributed by atoms with van der Waals surface area (Å²) in [7, 11) is 0. The smallest absolute Gasteiger partial charge is 0.277 e. The fourth-order valence-electron chi connectivity index (χ4n) is 1.50. The number of benzene rings is 2. The van der Waals surface area contributed by atoms with Crippen molar-refractivity contribution in [3.05, 3.63) is 38.9 Å². The third-order valence-corrected chi connectivity index (χ3v) is 3.05. The summed E-state index contributed by atoms with van der Waals surface area (Å²) in [6.45, 7) is 0. The van der Waals surface area contributed by atoms with Gasteiger partial charge in [-0.3, -0.25) is 10.1 Å². The Labute approximate surface area is 98.2 Å². The minimum absolute atomic E-state index is 0.117. The quantitative estimate of drug-likeness (QED) is 0.479. The summed E-state index contributed by atoms with van der Waals surface area (Å²) in [6.07, 6.45) is 0. The van der Waals surface area contributed by atoms with Crippen LogP contribution in [0.1, 0.15) is 0 Å². The molecule has 2 aromatic rings. The number of rotatable bonds is 1. The lowest BCUT2D eigenvalue weighted by Crippen LogP contribution is -1.89. The number of phenolic OH excluding ortho intramolecular Hbond substituents is 2. The van der Waals surface area contributed by atoms with Gasteiger partial charge < -0.3 is 10.2 Å². The SMILES string of the molecule is O=[N+]([O-])c1cccc2c(Br)c(O)c(O)cc12. The monoisotopic (exact) mass is 283 g/mol. The Balaban J connectivity index is 2.95. The highest BCUT2D eigenvalue weighted by Gasteiger charge is 2.17. The molecule has 0 aliphatic heterocycles. The first-order valence-corrected chi connectivity index (χ1v) is 5.09. The first-order chi connectivity index (χ1) is 7.52. The van der Waals surface area contributed by atoms with Gasteiger partial charge in [-0.2, -0.15) is 0 Å². The van der Waals surface area contributed by atoms with Crippen LogP contribution in [0, 0.1) is 10.1 Å². The molecular weight excluding hydrogens is 278 g/mol. The van der Waals surface area contributed by atoms with Crippen LogP contribution in [0.4, 0.5) is 5.69 Å². The zero-order chi connectivity index (χ0) is 11.9. The molecule has 6 heteroatoms. The summed E-state index contributed by atoms with van der Waals surface area (Å²) >= 11 is 3.08. The number of aromatic hydroxyl groups is 2. The molecular formula is C10H6BrNO4. The normalized spacial score (nSPS) is 10.6. The summed E-state index contributed by atoms with van der Waals surface area (Å²) in [5.74, 6) is -0.721. The molecule has 0 radical (unpaired) electrons. The van der Waals surface area contributed by atoms with Gasteiger partial charge in [-0.1, -0.05) is 12.1 Å². The van der Waals surface area contributed by atoms with Crippen molar-refractivity contribution in [2.45, 2.75) is 0 Å². The molecule has 5 nitrogen and oxygen atoms in total. The van der Waals surface area contributed by atoms with Crippen molar-refractivity contribution in [1.82, 2.24) is 0 Å². The van der Waals surface area contributed by atoms with E-state index in [0.717, 1.165) is 0 Å². The first-order valence-electron chi connectivity index (χ1n) is 4.30. The summed E-state index contributed by atoms with van der Waals surface area (Å²) in [4.78, 5) is 10.2. The van der Waals surface area contributed by atoms with Crippen molar-refractivity contribution in [1.29, 1.82) is 0 Å². The van der Waals surface area contributed by atoms with E-state index in [1.807, 2.05) is 0 Å². The number of nitro groups is 1. The number of hydrogen-bond donors (Lipinski definition) is 2. The first kappa shape index (κ1) is 10.7. The van der Waals surface area contributed by atoms with Crippen LogP contribution in [-0.2, 0) is 0 Å². The molecule has 0 spiro atoms. The number of nitrogens with zero attached hydrogens (tertiary/aromatic N) is 1. The molecule has 82 valence electrons. The second-order valence-electron chi connectivity index (χ2n) is 3.19. The lowest BCUT2D eigenvalue weighted by molar-refractivity contribution is -0.383. The minimum atomic E-state index is -0.536. The molecule has 0 heterocycles. The predicted octanol–water partition coefficient (Wildman–Crippen LogP) is 2.92. The molecule has 0 amide bonds. The van der Waals surface area contributed by atoms with E-state index in [9.17, 15) is 20.3 Å². The molecule has 0 aromatic heterocycles. The van der Waals surface area contributed by atoms with E-state index in [1.54, 1.807) is 6.07 Å². The minimum Gasteiger partial charge on any atom is -0.504 e. The molecule has 0 bridgehead atoms. The topological polar surface area (TPSA) is 83.6 Å². The molecule has 16 heavy (non-hydrogen) atoms. The molecule has 2 rings (SSSR count). The molecule has 0 unspecified atom stereocenters. The van der Waals surface area contributed by atoms with E-state index < -0.39 is 10.7 Å². The van der Waals surface area contributed by atoms with Crippen molar-refractivity contribution in [2.24, 2.45) is 0 Å². The van der Waals surface area contributed by atoms with Crippen molar-refractivity contribution in [2.75, 3.05) is 0 Å². The zero-order valence-electron chi connectivity index (χ0n) is 7.85. The maximum atomic E-state index is 10.8. The van der Waals surface area contributed by atoms with Gasteiger partial charge in [0.1, 0.15) is 0 Å². The molecule has 0 aliphatic carbocycles. The van der Waals surface area contributed by atoms with Crippen molar-refractivity contribution in [3.8, 4) is 11.5 Å². The van der Waals surface area contributed by atoms with E-state index in [1.165, 1.54) is 18.2 Å². The zero-order valence-corrected chi connectivity index (χ0v) is 9.43. The van der Waals surface area contributed by atoms with E-state index in [0.29, 0.717) is 5.39 Å². The van der Waals surface area contributed by atoms with E-state index >= 15 is 0 Å². The standard InChI is InChI=1S/C10H6BrNO4/c11-9-5-2-1-3-7(12(15)16)6(5)4-8(13)10(9)14/h1-4,13-14H. The number of fused-ring (bicyclic) bond motifs is 1. The van der Waals surface area contributed by atoms with Crippen LogP contribution in [0.15, 0.2) is 28.7 Å². The van der Waals surface area contributed by atoms with Gasteiger partial charge in [-0.25, -0.2) is 0 Å². The number of halogens is 1. The van der Waals surface area contributed by atoms with Gasteiger partial charge in [0.15, 0.2) is 11.5 Å². The number of nitro benzene ring substituents is 1. The molecule has 2 aromatic carbocycles. The molecule has 0 fully saturated rings. The van der Waals surface area contributed by atoms with Crippen LogP contribution >= 0.6 is 15.9 Å². The summed E-state index contributed by atoms with van der Waals surface area (Å²) < 4.78 is 0.242. The van der Waals surface area contributed by atoms with Crippen LogP contribution in [-0.4, -0.2) is 15.1 Å². The van der Waals surface area contributed by atoms with Crippen LogP contribution in [0.5, 0.6) is 11.5 Å². The number of phenols is 2. The lowest BCUT2D eigenvalue weighted by atomic mass is 10.1. The van der Waals surface area contributed by atoms with Crippen LogP contribution in [0.3, 0.4) is 0 Å². The van der Waals surface area contributed by atoms with Gasteiger partial charge in [0, 0.05) is 11.5 Å². The van der Waals surface area contributed by atoms with E-state index in [4.69, 9.17) is 0 Å². The van der Waals surface area contributed by atoms with Gasteiger partial charge in [0.25, 0.3) is 5.69 Å². The lowest BCUT2D eigenvalue weighted by Gasteiger charge is -2.05. The van der Waals surface area contributed by atoms with Crippen molar-refractivity contribution < 1.29 is 15.1 Å². The Kier molecular flexibility index (Phi) is 2.43. The summed E-state index contributed by atoms with van der Waals surface area (Å²) in [5, 5.41) is 30.4. The molecule has 0 aliphatic rings. The Morgan fingerprint density at radius 2 is 1.94 bits per heavy atom. The number of non-ortho nitro benzene ring substituents is 1. The van der Waals surface area contributed by atoms with Gasteiger partial charge in [-0.05, 0) is 22.0 Å². The average Bonchev–Trinajstić information content (AvgIpc) is 2.25. The van der Waals surface area contributed by atoms with E-state index in [2.05, 4.69) is 15.9 Å². The summed E-state index contributed by atoms with van der Waals surface area (Å²) in [5.41, 5.74) is -0.117. The molecule has 0 saturated carbocycles. The highest BCUT2D eigenvalue weighted by atomic mass is 79.9. The summed E-state index contributed by atoms with van der Waals surface area (Å²) in [6, 6.07) is 5.64. The van der Waals surface area contributed by atoms with Gasteiger partial charge >= 0.3 is 0 Å². The van der Waals surface area contributed by atoms with Gasteiger partial charge in [0.2, 0.25) is 0 Å². The Morgan fingerprint density at radius 3 is 2.56 bits per heavy atom. The second-order valence-corrected chi connectivity index (χ2v) is 3.98. The largest absolute Gasteiger partial charge is 0.504 e. The highest BCUT2D eigenvalue weighted by Crippen LogP contribution is 2.42. The Morgan fingerprint density at radius 1 is 1.25 bits per heavy atom. The Hall–Kier alpha value is -1.82. The van der Waals surface area contributed by atoms with Gasteiger partial charge in [0.05, 0.1) is 14.8 Å². The maximum Gasteiger partial charge on any atom is 0.277 e. The van der Waals surface area contributed by atoms with Crippen LogP contribution in [0.25, 0.3) is 10.8 Å². The van der Waals surface area contributed by atoms with Crippen molar-refractivity contribution >= 4 is 32.4 Å². The Bertz CT molecular complexity index is 597. The number of hydrogen-bond acceptors (Lipinski definition) is 4. The van der Waals surface area contributed by atoms with Gasteiger partial charge in [-0.15, -0.1) is 0 Å². The predicted molar refractivity (Wildman–Crippen MR) is 61.6 cm³/mol. The van der Waals surface area contributed by atoms with Crippen LogP contribution < -0.4 is 0 Å². The molecule has 0 saturated heterocycles. The molecule has 2 N–H and O–H groups in total. The average molecular weight is 284 g/mol. The highest BCUT2D eigenvalue weighted by molar-refractivity contribution is 9.10. The fraction of sp³-hybridized carbons (Fsp3) is 0. The van der Waals surface area contributed by atoms with E-state index in [-0.39, 0.29) is 21.3 Å². The fourth-order valence-corrected chi connectivity index (χ4v) is 2.05. The van der Waals surface area contributed by atoms with Crippen LogP contribution in [0.2, 0.25) is 0 Å².